The molecule has 0 aromatic carbocycles. The smallest absolute Gasteiger partial charge is 0.0105 e. The van der Waals surface area contributed by atoms with Gasteiger partial charge in [-0.15, -0.1) is 0 Å². The number of rotatable bonds is 4. The van der Waals surface area contributed by atoms with Crippen LogP contribution in [0.15, 0.2) is 0 Å². The average Bonchev–Trinajstić information content (AvgIpc) is 1.95. The Hall–Kier alpha value is -0.0400. The normalized spacial score (nSPS) is 22.8. The third-order valence-corrected chi connectivity index (χ3v) is 3.01. The van der Waals surface area contributed by atoms with Crippen molar-refractivity contribution < 1.29 is 0 Å². The summed E-state index contributed by atoms with van der Waals surface area (Å²) in [5.74, 6) is 0. The Balaban J connectivity index is 2.29. The Morgan fingerprint density at radius 1 is 1.25 bits per heavy atom. The van der Waals surface area contributed by atoms with Gasteiger partial charge in [0.25, 0.3) is 0 Å². The number of nitrogens with zero attached hydrogens (tertiary/aromatic N) is 1. The van der Waals surface area contributed by atoms with Crippen LogP contribution < -0.4 is 0 Å². The minimum absolute atomic E-state index is 0.631. The summed E-state index contributed by atoms with van der Waals surface area (Å²) in [6.07, 6.45) is 4.10. The van der Waals surface area contributed by atoms with Crippen molar-refractivity contribution in [1.82, 2.24) is 4.90 Å². The fourth-order valence-corrected chi connectivity index (χ4v) is 2.36. The maximum atomic E-state index is 2.63. The summed E-state index contributed by atoms with van der Waals surface area (Å²) in [6.45, 7) is 11.8. The van der Waals surface area contributed by atoms with Crippen LogP contribution in [0.5, 0.6) is 0 Å². The van der Waals surface area contributed by atoms with E-state index in [4.69, 9.17) is 0 Å². The minimum Gasteiger partial charge on any atom is -0.301 e. The van der Waals surface area contributed by atoms with E-state index in [1.54, 1.807) is 0 Å². The lowest BCUT2D eigenvalue weighted by atomic mass is 9.68. The molecular weight excluding hydrogens is 146 g/mol. The maximum Gasteiger partial charge on any atom is 0.0105 e. The van der Waals surface area contributed by atoms with E-state index in [1.807, 2.05) is 0 Å². The Morgan fingerprint density at radius 3 is 2.17 bits per heavy atom. The van der Waals surface area contributed by atoms with E-state index in [0.717, 1.165) is 6.04 Å². The molecule has 0 spiro atoms. The first-order valence-electron chi connectivity index (χ1n) is 5.33. The summed E-state index contributed by atoms with van der Waals surface area (Å²) in [5.41, 5.74) is 0.631. The molecule has 1 saturated carbocycles. The molecule has 0 aromatic heterocycles. The second kappa shape index (κ2) is 3.78. The van der Waals surface area contributed by atoms with Gasteiger partial charge in [-0.2, -0.15) is 0 Å². The molecule has 72 valence electrons. The summed E-state index contributed by atoms with van der Waals surface area (Å²) in [7, 11) is 0. The molecule has 0 saturated heterocycles. The third kappa shape index (κ3) is 2.22. The fraction of sp³-hybridized carbons (Fsp3) is 1.00. The van der Waals surface area contributed by atoms with Crippen LogP contribution >= 0.6 is 0 Å². The van der Waals surface area contributed by atoms with Crippen LogP contribution in [0.25, 0.3) is 0 Å². The summed E-state index contributed by atoms with van der Waals surface area (Å²) in [5, 5.41) is 0. The van der Waals surface area contributed by atoms with Gasteiger partial charge in [-0.3, -0.25) is 0 Å². The van der Waals surface area contributed by atoms with E-state index in [1.165, 1.54) is 32.4 Å². The highest BCUT2D eigenvalue weighted by Gasteiger charge is 2.38. The lowest BCUT2D eigenvalue weighted by Crippen LogP contribution is -2.48. The van der Waals surface area contributed by atoms with Crippen LogP contribution in [0.2, 0.25) is 0 Å². The van der Waals surface area contributed by atoms with Gasteiger partial charge in [-0.25, -0.2) is 0 Å². The first-order chi connectivity index (χ1) is 5.59. The second-order valence-corrected chi connectivity index (χ2v) is 4.85. The lowest BCUT2D eigenvalue weighted by molar-refractivity contribution is 0.0289. The van der Waals surface area contributed by atoms with Gasteiger partial charge in [-0.05, 0) is 37.8 Å². The molecule has 0 atom stereocenters. The summed E-state index contributed by atoms with van der Waals surface area (Å²) < 4.78 is 0. The predicted molar refractivity (Wildman–Crippen MR) is 54.3 cm³/mol. The zero-order valence-corrected chi connectivity index (χ0v) is 9.06. The summed E-state index contributed by atoms with van der Waals surface area (Å²) >= 11 is 0. The Bertz CT molecular complexity index is 132. The minimum atomic E-state index is 0.631. The SMILES string of the molecule is CCCN(CC)C1CC(C)(C)C1. The van der Waals surface area contributed by atoms with Gasteiger partial charge in [0.2, 0.25) is 0 Å². The van der Waals surface area contributed by atoms with Crippen molar-refractivity contribution in [2.45, 2.75) is 53.0 Å². The molecule has 1 aliphatic rings. The highest BCUT2D eigenvalue weighted by molar-refractivity contribution is 4.92. The first kappa shape index (κ1) is 10.0. The molecule has 0 aromatic rings. The Labute approximate surface area is 77.1 Å². The summed E-state index contributed by atoms with van der Waals surface area (Å²) in [6, 6.07) is 0.893. The van der Waals surface area contributed by atoms with Crippen LogP contribution in [-0.4, -0.2) is 24.0 Å². The third-order valence-electron chi connectivity index (χ3n) is 3.01. The van der Waals surface area contributed by atoms with Crippen molar-refractivity contribution in [2.75, 3.05) is 13.1 Å². The summed E-state index contributed by atoms with van der Waals surface area (Å²) in [4.78, 5) is 2.63. The van der Waals surface area contributed by atoms with Crippen LogP contribution in [0, 0.1) is 5.41 Å². The van der Waals surface area contributed by atoms with Gasteiger partial charge < -0.3 is 4.90 Å². The van der Waals surface area contributed by atoms with Crippen LogP contribution in [0.3, 0.4) is 0 Å². The number of hydrogen-bond donors (Lipinski definition) is 0. The van der Waals surface area contributed by atoms with Gasteiger partial charge in [0.05, 0.1) is 0 Å². The van der Waals surface area contributed by atoms with Gasteiger partial charge in [-0.1, -0.05) is 27.7 Å². The second-order valence-electron chi connectivity index (χ2n) is 4.85. The average molecular weight is 169 g/mol. The fourth-order valence-electron chi connectivity index (χ4n) is 2.36. The highest BCUT2D eigenvalue weighted by atomic mass is 15.2. The molecule has 0 N–H and O–H groups in total. The molecule has 0 bridgehead atoms. The van der Waals surface area contributed by atoms with Crippen molar-refractivity contribution in [3.8, 4) is 0 Å². The Kier molecular flexibility index (Phi) is 3.16. The molecule has 0 amide bonds. The predicted octanol–water partition coefficient (Wildman–Crippen LogP) is 2.91. The lowest BCUT2D eigenvalue weighted by Gasteiger charge is -2.48. The van der Waals surface area contributed by atoms with Crippen LogP contribution in [0.1, 0.15) is 47.0 Å². The zero-order valence-electron chi connectivity index (χ0n) is 9.06. The van der Waals surface area contributed by atoms with Crippen LogP contribution in [0.4, 0.5) is 0 Å². The molecular formula is C11H23N. The molecule has 1 nitrogen and oxygen atoms in total. The monoisotopic (exact) mass is 169 g/mol. The van der Waals surface area contributed by atoms with E-state index >= 15 is 0 Å². The molecule has 12 heavy (non-hydrogen) atoms. The quantitative estimate of drug-likeness (QED) is 0.625. The van der Waals surface area contributed by atoms with E-state index in [0.29, 0.717) is 5.41 Å². The van der Waals surface area contributed by atoms with Gasteiger partial charge in [0.15, 0.2) is 0 Å². The highest BCUT2D eigenvalue weighted by Crippen LogP contribution is 2.42. The van der Waals surface area contributed by atoms with Crippen molar-refractivity contribution in [1.29, 1.82) is 0 Å². The van der Waals surface area contributed by atoms with Gasteiger partial charge >= 0.3 is 0 Å². The molecule has 1 fully saturated rings. The van der Waals surface area contributed by atoms with E-state index in [-0.39, 0.29) is 0 Å². The Morgan fingerprint density at radius 2 is 1.83 bits per heavy atom. The molecule has 1 aliphatic carbocycles. The molecule has 0 unspecified atom stereocenters. The topological polar surface area (TPSA) is 3.24 Å². The van der Waals surface area contributed by atoms with E-state index in [2.05, 4.69) is 32.6 Å². The van der Waals surface area contributed by atoms with E-state index < -0.39 is 0 Å². The zero-order chi connectivity index (χ0) is 9.19. The van der Waals surface area contributed by atoms with Crippen LogP contribution in [-0.2, 0) is 0 Å². The molecule has 1 heteroatoms. The molecule has 0 radical (unpaired) electrons. The van der Waals surface area contributed by atoms with Gasteiger partial charge in [0, 0.05) is 6.04 Å². The molecule has 1 rings (SSSR count). The molecule has 0 aliphatic heterocycles. The van der Waals surface area contributed by atoms with Crippen molar-refractivity contribution in [3.63, 3.8) is 0 Å². The van der Waals surface area contributed by atoms with Crippen molar-refractivity contribution in [3.05, 3.63) is 0 Å². The van der Waals surface area contributed by atoms with Crippen molar-refractivity contribution in [2.24, 2.45) is 5.41 Å². The largest absolute Gasteiger partial charge is 0.301 e. The standard InChI is InChI=1S/C11H23N/c1-5-7-12(6-2)10-8-11(3,4)9-10/h10H,5-9H2,1-4H3. The first-order valence-corrected chi connectivity index (χ1v) is 5.33. The number of hydrogen-bond acceptors (Lipinski definition) is 1. The van der Waals surface area contributed by atoms with Crippen molar-refractivity contribution >= 4 is 0 Å². The van der Waals surface area contributed by atoms with Gasteiger partial charge in [0.1, 0.15) is 0 Å². The molecule has 0 heterocycles. The van der Waals surface area contributed by atoms with E-state index in [9.17, 15) is 0 Å². The maximum absolute atomic E-state index is 2.63.